The molecule has 1 saturated carbocycles. The predicted octanol–water partition coefficient (Wildman–Crippen LogP) is 3.21. The molecule has 0 bridgehead atoms. The number of rotatable bonds is 6. The van der Waals surface area contributed by atoms with Gasteiger partial charge in [-0.15, -0.1) is 11.6 Å². The second-order valence-corrected chi connectivity index (χ2v) is 4.17. The molecule has 0 saturated heterocycles. The third-order valence-corrected chi connectivity index (χ3v) is 2.84. The molecule has 1 nitrogen and oxygen atoms in total. The molecule has 0 amide bonds. The third-order valence-electron chi connectivity index (χ3n) is 2.62. The van der Waals surface area contributed by atoms with Crippen molar-refractivity contribution in [3.05, 3.63) is 0 Å². The van der Waals surface area contributed by atoms with Gasteiger partial charge in [-0.3, -0.25) is 0 Å². The molecule has 1 rings (SSSR count). The Kier molecular flexibility index (Phi) is 5.01. The summed E-state index contributed by atoms with van der Waals surface area (Å²) in [7, 11) is 0. The average Bonchev–Trinajstić information content (AvgIpc) is 1.95. The quantitative estimate of drug-likeness (QED) is 0.585. The van der Waals surface area contributed by atoms with Gasteiger partial charge in [0, 0.05) is 12.5 Å². The standard InChI is InChI=1S/C10H19ClO/c1-9(5-7-11)6-8-12-10-3-2-4-10/h9-10H,2-8H2,1H3. The van der Waals surface area contributed by atoms with E-state index in [0.29, 0.717) is 6.10 Å². The first-order valence-corrected chi connectivity index (χ1v) is 5.54. The lowest BCUT2D eigenvalue weighted by molar-refractivity contribution is -0.00301. The summed E-state index contributed by atoms with van der Waals surface area (Å²) < 4.78 is 5.65. The highest BCUT2D eigenvalue weighted by atomic mass is 35.5. The monoisotopic (exact) mass is 190 g/mol. The van der Waals surface area contributed by atoms with Crippen LogP contribution in [0.1, 0.15) is 39.0 Å². The predicted molar refractivity (Wildman–Crippen MR) is 52.7 cm³/mol. The molecule has 0 aromatic carbocycles. The van der Waals surface area contributed by atoms with Gasteiger partial charge < -0.3 is 4.74 Å². The van der Waals surface area contributed by atoms with Crippen molar-refractivity contribution >= 4 is 11.6 Å². The van der Waals surface area contributed by atoms with Gasteiger partial charge in [0.25, 0.3) is 0 Å². The normalized spacial score (nSPS) is 20.5. The lowest BCUT2D eigenvalue weighted by Gasteiger charge is -2.26. The fourth-order valence-electron chi connectivity index (χ4n) is 1.30. The molecule has 1 atom stereocenters. The summed E-state index contributed by atoms with van der Waals surface area (Å²) in [4.78, 5) is 0. The Balaban J connectivity index is 1.86. The van der Waals surface area contributed by atoms with Gasteiger partial charge in [-0.1, -0.05) is 6.92 Å². The fourth-order valence-corrected chi connectivity index (χ4v) is 1.68. The number of hydrogen-bond acceptors (Lipinski definition) is 1. The first-order chi connectivity index (χ1) is 5.83. The lowest BCUT2D eigenvalue weighted by atomic mass is 9.96. The fraction of sp³-hybridized carbons (Fsp3) is 1.00. The van der Waals surface area contributed by atoms with Crippen LogP contribution >= 0.6 is 11.6 Å². The molecule has 0 spiro atoms. The van der Waals surface area contributed by atoms with E-state index in [2.05, 4.69) is 6.92 Å². The minimum atomic E-state index is 0.591. The van der Waals surface area contributed by atoms with Crippen molar-refractivity contribution in [1.29, 1.82) is 0 Å². The van der Waals surface area contributed by atoms with Gasteiger partial charge in [0.05, 0.1) is 6.10 Å². The zero-order chi connectivity index (χ0) is 8.81. The van der Waals surface area contributed by atoms with E-state index in [4.69, 9.17) is 16.3 Å². The number of alkyl halides is 1. The van der Waals surface area contributed by atoms with Crippen molar-refractivity contribution < 1.29 is 4.74 Å². The van der Waals surface area contributed by atoms with Crippen molar-refractivity contribution in [2.75, 3.05) is 12.5 Å². The highest BCUT2D eigenvalue weighted by molar-refractivity contribution is 6.17. The summed E-state index contributed by atoms with van der Waals surface area (Å²) in [5.74, 6) is 1.51. The van der Waals surface area contributed by atoms with E-state index in [1.54, 1.807) is 0 Å². The summed E-state index contributed by atoms with van der Waals surface area (Å²) in [5.41, 5.74) is 0. The van der Waals surface area contributed by atoms with Crippen LogP contribution < -0.4 is 0 Å². The first kappa shape index (κ1) is 10.3. The smallest absolute Gasteiger partial charge is 0.0575 e. The van der Waals surface area contributed by atoms with E-state index in [1.807, 2.05) is 0 Å². The van der Waals surface area contributed by atoms with Crippen molar-refractivity contribution in [3.8, 4) is 0 Å². The SMILES string of the molecule is CC(CCCl)CCOC1CCC1. The Hall–Kier alpha value is 0.250. The van der Waals surface area contributed by atoms with Crippen LogP contribution in [0.4, 0.5) is 0 Å². The number of halogens is 1. The lowest BCUT2D eigenvalue weighted by Crippen LogP contribution is -2.22. The summed E-state index contributed by atoms with van der Waals surface area (Å²) in [6.45, 7) is 3.18. The topological polar surface area (TPSA) is 9.23 Å². The van der Waals surface area contributed by atoms with Gasteiger partial charge in [-0.2, -0.15) is 0 Å². The summed E-state index contributed by atoms with van der Waals surface area (Å²) >= 11 is 5.64. The van der Waals surface area contributed by atoms with Crippen LogP contribution in [-0.4, -0.2) is 18.6 Å². The highest BCUT2D eigenvalue weighted by Crippen LogP contribution is 2.22. The maximum atomic E-state index is 5.65. The van der Waals surface area contributed by atoms with E-state index in [1.165, 1.54) is 25.7 Å². The van der Waals surface area contributed by atoms with Crippen LogP contribution in [-0.2, 0) is 4.74 Å². The highest BCUT2D eigenvalue weighted by Gasteiger charge is 2.17. The molecule has 1 unspecified atom stereocenters. The van der Waals surface area contributed by atoms with Crippen molar-refractivity contribution in [2.24, 2.45) is 5.92 Å². The summed E-state index contributed by atoms with van der Waals surface area (Å²) in [5, 5.41) is 0. The Morgan fingerprint density at radius 1 is 1.42 bits per heavy atom. The Labute approximate surface area is 80.4 Å². The second kappa shape index (κ2) is 5.82. The van der Waals surface area contributed by atoms with Gasteiger partial charge in [0.2, 0.25) is 0 Å². The molecule has 0 N–H and O–H groups in total. The van der Waals surface area contributed by atoms with E-state index in [0.717, 1.165) is 24.8 Å². The molecule has 1 fully saturated rings. The molecule has 12 heavy (non-hydrogen) atoms. The van der Waals surface area contributed by atoms with Crippen LogP contribution in [0.5, 0.6) is 0 Å². The van der Waals surface area contributed by atoms with Crippen molar-refractivity contribution in [1.82, 2.24) is 0 Å². The van der Waals surface area contributed by atoms with E-state index < -0.39 is 0 Å². The minimum Gasteiger partial charge on any atom is -0.378 e. The zero-order valence-corrected chi connectivity index (χ0v) is 8.65. The van der Waals surface area contributed by atoms with Crippen molar-refractivity contribution in [2.45, 2.75) is 45.1 Å². The third kappa shape index (κ3) is 3.77. The van der Waals surface area contributed by atoms with Gasteiger partial charge in [-0.25, -0.2) is 0 Å². The van der Waals surface area contributed by atoms with E-state index in [9.17, 15) is 0 Å². The largest absolute Gasteiger partial charge is 0.378 e. The second-order valence-electron chi connectivity index (χ2n) is 3.80. The van der Waals surface area contributed by atoms with Gasteiger partial charge in [-0.05, 0) is 38.0 Å². The minimum absolute atomic E-state index is 0.591. The van der Waals surface area contributed by atoms with Crippen LogP contribution in [0.25, 0.3) is 0 Å². The van der Waals surface area contributed by atoms with Crippen molar-refractivity contribution in [3.63, 3.8) is 0 Å². The molecule has 72 valence electrons. The zero-order valence-electron chi connectivity index (χ0n) is 7.89. The Bertz CT molecular complexity index is 112. The molecular weight excluding hydrogens is 172 g/mol. The van der Waals surface area contributed by atoms with Gasteiger partial charge >= 0.3 is 0 Å². The Morgan fingerprint density at radius 3 is 2.67 bits per heavy atom. The van der Waals surface area contributed by atoms with Crippen LogP contribution in [0.15, 0.2) is 0 Å². The number of hydrogen-bond donors (Lipinski definition) is 0. The maximum absolute atomic E-state index is 5.65. The molecule has 0 aromatic rings. The molecule has 0 radical (unpaired) electrons. The van der Waals surface area contributed by atoms with Crippen LogP contribution in [0.3, 0.4) is 0 Å². The van der Waals surface area contributed by atoms with E-state index >= 15 is 0 Å². The maximum Gasteiger partial charge on any atom is 0.0575 e. The summed E-state index contributed by atoms with van der Waals surface area (Å²) in [6, 6.07) is 0. The van der Waals surface area contributed by atoms with E-state index in [-0.39, 0.29) is 0 Å². The molecular formula is C10H19ClO. The van der Waals surface area contributed by atoms with Gasteiger partial charge in [0.15, 0.2) is 0 Å². The molecule has 2 heteroatoms. The molecule has 0 aromatic heterocycles. The Morgan fingerprint density at radius 2 is 2.17 bits per heavy atom. The molecule has 0 aliphatic heterocycles. The molecule has 0 heterocycles. The summed E-state index contributed by atoms with van der Waals surface area (Å²) in [6.07, 6.45) is 6.81. The number of ether oxygens (including phenoxy) is 1. The van der Waals surface area contributed by atoms with Gasteiger partial charge in [0.1, 0.15) is 0 Å². The van der Waals surface area contributed by atoms with Crippen LogP contribution in [0, 0.1) is 5.92 Å². The first-order valence-electron chi connectivity index (χ1n) is 5.00. The molecule has 1 aliphatic rings. The van der Waals surface area contributed by atoms with Crippen LogP contribution in [0.2, 0.25) is 0 Å². The molecule has 1 aliphatic carbocycles. The average molecular weight is 191 g/mol.